The van der Waals surface area contributed by atoms with Gasteiger partial charge in [0.2, 0.25) is 5.82 Å². The second kappa shape index (κ2) is 8.64. The maximum absolute atomic E-state index is 12.6. The predicted molar refractivity (Wildman–Crippen MR) is 95.3 cm³/mol. The molecule has 0 saturated carbocycles. The molecule has 0 fully saturated rings. The van der Waals surface area contributed by atoms with E-state index in [0.29, 0.717) is 42.9 Å². The molecule has 3 aromatic rings. The zero-order valence-corrected chi connectivity index (χ0v) is 15.9. The molecular formula is C19H20F3N3O4. The van der Waals surface area contributed by atoms with Crippen LogP contribution in [0.5, 0.6) is 5.75 Å². The summed E-state index contributed by atoms with van der Waals surface area (Å²) in [5.41, 5.74) is 2.64. The van der Waals surface area contributed by atoms with Crippen molar-refractivity contribution in [2.24, 2.45) is 0 Å². The van der Waals surface area contributed by atoms with Gasteiger partial charge in [-0.15, -0.1) is 0 Å². The number of rotatable bonds is 8. The van der Waals surface area contributed by atoms with Crippen LogP contribution in [0.1, 0.15) is 34.9 Å². The van der Waals surface area contributed by atoms with E-state index in [1.54, 1.807) is 26.0 Å². The maximum Gasteiger partial charge on any atom is 0.471 e. The predicted octanol–water partition coefficient (Wildman–Crippen LogP) is 3.91. The van der Waals surface area contributed by atoms with E-state index in [-0.39, 0.29) is 12.4 Å². The Bertz CT molecular complexity index is 943. The van der Waals surface area contributed by atoms with Crippen LogP contribution >= 0.6 is 0 Å². The van der Waals surface area contributed by atoms with Gasteiger partial charge in [-0.05, 0) is 43.5 Å². The quantitative estimate of drug-likeness (QED) is 0.562. The summed E-state index contributed by atoms with van der Waals surface area (Å²) in [5.74, 6) is -0.123. The van der Waals surface area contributed by atoms with Crippen LogP contribution in [-0.2, 0) is 19.0 Å². The molecule has 0 atom stereocenters. The summed E-state index contributed by atoms with van der Waals surface area (Å²) in [7, 11) is 0. The number of aryl methyl sites for hydroxylation is 3. The molecule has 0 amide bonds. The molecule has 156 valence electrons. The van der Waals surface area contributed by atoms with Crippen LogP contribution in [0, 0.1) is 13.8 Å². The minimum Gasteiger partial charge on any atom is -0.493 e. The van der Waals surface area contributed by atoms with Crippen molar-refractivity contribution in [1.82, 2.24) is 15.3 Å². The van der Waals surface area contributed by atoms with Gasteiger partial charge in [-0.25, -0.2) is 0 Å². The SMILES string of the molecule is Cc1cc(-c2noc(C(F)(F)F)n2)cc(C)c1OCCCc1cc(CCO)no1. The standard InChI is InChI=1S/C19H20F3N3O4/c1-11-8-13(17-23-18(29-25-17)19(20,21)22)9-12(2)16(11)27-7-3-4-15-10-14(5-6-26)24-28-15/h8-10,26H,3-7H2,1-2H3. The topological polar surface area (TPSA) is 94.4 Å². The number of halogens is 3. The lowest BCUT2D eigenvalue weighted by molar-refractivity contribution is -0.159. The van der Waals surface area contributed by atoms with E-state index >= 15 is 0 Å². The Labute approximate surface area is 164 Å². The molecule has 0 bridgehead atoms. The van der Waals surface area contributed by atoms with E-state index in [9.17, 15) is 13.2 Å². The lowest BCUT2D eigenvalue weighted by atomic mass is 10.1. The van der Waals surface area contributed by atoms with E-state index in [1.165, 1.54) is 0 Å². The molecule has 0 radical (unpaired) electrons. The van der Waals surface area contributed by atoms with Crippen molar-refractivity contribution in [1.29, 1.82) is 0 Å². The highest BCUT2D eigenvalue weighted by molar-refractivity contribution is 5.61. The zero-order valence-electron chi connectivity index (χ0n) is 15.9. The summed E-state index contributed by atoms with van der Waals surface area (Å²) in [4.78, 5) is 3.41. The van der Waals surface area contributed by atoms with Gasteiger partial charge < -0.3 is 18.9 Å². The van der Waals surface area contributed by atoms with Crippen molar-refractivity contribution in [3.63, 3.8) is 0 Å². The van der Waals surface area contributed by atoms with Crippen LogP contribution in [0.2, 0.25) is 0 Å². The number of aliphatic hydroxyl groups is 1. The van der Waals surface area contributed by atoms with Gasteiger partial charge in [0.05, 0.1) is 12.3 Å². The molecule has 1 aromatic carbocycles. The zero-order chi connectivity index (χ0) is 21.0. The van der Waals surface area contributed by atoms with E-state index in [0.717, 1.165) is 16.9 Å². The van der Waals surface area contributed by atoms with Crippen molar-refractivity contribution in [3.8, 4) is 17.1 Å². The Morgan fingerprint density at radius 2 is 1.76 bits per heavy atom. The number of aliphatic hydroxyl groups excluding tert-OH is 1. The molecular weight excluding hydrogens is 391 g/mol. The normalized spacial score (nSPS) is 11.8. The van der Waals surface area contributed by atoms with Gasteiger partial charge in [0.1, 0.15) is 11.5 Å². The third-order valence-electron chi connectivity index (χ3n) is 4.18. The molecule has 7 nitrogen and oxygen atoms in total. The van der Waals surface area contributed by atoms with Crippen molar-refractivity contribution in [3.05, 3.63) is 46.7 Å². The number of hydrogen-bond acceptors (Lipinski definition) is 7. The number of aromatic nitrogens is 3. The maximum atomic E-state index is 12.6. The first kappa shape index (κ1) is 20.8. The van der Waals surface area contributed by atoms with Gasteiger partial charge in [-0.3, -0.25) is 0 Å². The lowest BCUT2D eigenvalue weighted by Gasteiger charge is -2.13. The Kier molecular flexibility index (Phi) is 6.21. The number of alkyl halides is 3. The van der Waals surface area contributed by atoms with Gasteiger partial charge >= 0.3 is 12.1 Å². The molecule has 0 aliphatic rings. The molecule has 0 unspecified atom stereocenters. The Balaban J connectivity index is 1.61. The fourth-order valence-corrected chi connectivity index (χ4v) is 2.89. The average molecular weight is 411 g/mol. The first-order chi connectivity index (χ1) is 13.8. The van der Waals surface area contributed by atoms with E-state index < -0.39 is 12.1 Å². The van der Waals surface area contributed by atoms with Crippen LogP contribution < -0.4 is 4.74 Å². The van der Waals surface area contributed by atoms with Crippen molar-refractivity contribution in [2.45, 2.75) is 39.3 Å². The monoisotopic (exact) mass is 411 g/mol. The first-order valence-electron chi connectivity index (χ1n) is 8.98. The Hall–Kier alpha value is -2.88. The first-order valence-corrected chi connectivity index (χ1v) is 8.98. The fourth-order valence-electron chi connectivity index (χ4n) is 2.89. The molecule has 0 spiro atoms. The number of nitrogens with zero attached hydrogens (tertiary/aromatic N) is 3. The molecule has 3 rings (SSSR count). The largest absolute Gasteiger partial charge is 0.493 e. The molecule has 0 aliphatic carbocycles. The van der Waals surface area contributed by atoms with Crippen molar-refractivity contribution in [2.75, 3.05) is 13.2 Å². The fraction of sp³-hybridized carbons (Fsp3) is 0.421. The number of hydrogen-bond donors (Lipinski definition) is 1. The summed E-state index contributed by atoms with van der Waals surface area (Å²) < 4.78 is 53.2. The molecule has 2 heterocycles. The molecule has 10 heteroatoms. The van der Waals surface area contributed by atoms with Crippen LogP contribution in [-0.4, -0.2) is 33.6 Å². The second-order valence-electron chi connectivity index (χ2n) is 6.57. The minimum atomic E-state index is -4.68. The summed E-state index contributed by atoms with van der Waals surface area (Å²) in [5, 5.41) is 16.2. The third-order valence-corrected chi connectivity index (χ3v) is 4.18. The van der Waals surface area contributed by atoms with Gasteiger partial charge in [-0.1, -0.05) is 10.3 Å². The summed E-state index contributed by atoms with van der Waals surface area (Å²) in [6.07, 6.45) is -2.90. The Morgan fingerprint density at radius 1 is 1.03 bits per heavy atom. The molecule has 29 heavy (non-hydrogen) atoms. The minimum absolute atomic E-state index is 0.0189. The van der Waals surface area contributed by atoms with Gasteiger partial charge in [0, 0.05) is 31.1 Å². The lowest BCUT2D eigenvalue weighted by Crippen LogP contribution is -2.05. The van der Waals surface area contributed by atoms with Gasteiger partial charge in [0.25, 0.3) is 0 Å². The number of benzene rings is 1. The van der Waals surface area contributed by atoms with Crippen LogP contribution in [0.4, 0.5) is 13.2 Å². The van der Waals surface area contributed by atoms with Crippen LogP contribution in [0.3, 0.4) is 0 Å². The summed E-state index contributed by atoms with van der Waals surface area (Å²) in [6, 6.07) is 5.12. The highest BCUT2D eigenvalue weighted by Crippen LogP contribution is 2.32. The Morgan fingerprint density at radius 3 is 2.38 bits per heavy atom. The van der Waals surface area contributed by atoms with Gasteiger partial charge in [0.15, 0.2) is 0 Å². The van der Waals surface area contributed by atoms with Crippen LogP contribution in [0.15, 0.2) is 27.2 Å². The highest BCUT2D eigenvalue weighted by Gasteiger charge is 2.38. The van der Waals surface area contributed by atoms with E-state index in [2.05, 4.69) is 19.8 Å². The van der Waals surface area contributed by atoms with Crippen molar-refractivity contribution >= 4 is 0 Å². The molecule has 0 saturated heterocycles. The smallest absolute Gasteiger partial charge is 0.471 e. The molecule has 2 aromatic heterocycles. The van der Waals surface area contributed by atoms with Crippen LogP contribution in [0.25, 0.3) is 11.4 Å². The van der Waals surface area contributed by atoms with E-state index in [4.69, 9.17) is 14.4 Å². The number of ether oxygens (including phenoxy) is 1. The van der Waals surface area contributed by atoms with Gasteiger partial charge in [-0.2, -0.15) is 18.2 Å². The van der Waals surface area contributed by atoms with Crippen molar-refractivity contribution < 1.29 is 32.1 Å². The third kappa shape index (κ3) is 5.14. The summed E-state index contributed by atoms with van der Waals surface area (Å²) >= 11 is 0. The summed E-state index contributed by atoms with van der Waals surface area (Å²) in [6.45, 7) is 4.05. The van der Waals surface area contributed by atoms with E-state index in [1.807, 2.05) is 6.07 Å². The second-order valence-corrected chi connectivity index (χ2v) is 6.57. The average Bonchev–Trinajstić information content (AvgIpc) is 3.30. The molecule has 0 aliphatic heterocycles. The highest BCUT2D eigenvalue weighted by atomic mass is 19.4. The molecule has 1 N–H and O–H groups in total.